The Hall–Kier alpha value is -4.02. The molecule has 2 aromatic heterocycles. The normalized spacial score (nSPS) is 18.6. The molecule has 11 heteroatoms. The van der Waals surface area contributed by atoms with Gasteiger partial charge >= 0.3 is 17.6 Å². The van der Waals surface area contributed by atoms with Crippen molar-refractivity contribution in [1.82, 2.24) is 19.2 Å². The maximum absolute atomic E-state index is 13.5. The Kier molecular flexibility index (Phi) is 7.99. The first-order chi connectivity index (χ1) is 19.2. The maximum atomic E-state index is 13.5. The summed E-state index contributed by atoms with van der Waals surface area (Å²) in [4.78, 5) is 39.2. The first-order valence-corrected chi connectivity index (χ1v) is 13.5. The van der Waals surface area contributed by atoms with Crippen LogP contribution >= 0.6 is 11.6 Å². The summed E-state index contributed by atoms with van der Waals surface area (Å²) in [7, 11) is 0. The number of aromatic nitrogens is 4. The molecule has 1 saturated heterocycles. The summed E-state index contributed by atoms with van der Waals surface area (Å²) in [6.07, 6.45) is -0.123. The lowest BCUT2D eigenvalue weighted by atomic mass is 10.1. The molecule has 0 unspecified atom stereocenters. The molecule has 0 bridgehead atoms. The van der Waals surface area contributed by atoms with E-state index in [-0.39, 0.29) is 13.0 Å². The van der Waals surface area contributed by atoms with E-state index in [4.69, 9.17) is 25.8 Å². The van der Waals surface area contributed by atoms with Gasteiger partial charge in [-0.05, 0) is 51.5 Å². The highest BCUT2D eigenvalue weighted by molar-refractivity contribution is 6.18. The molecule has 2 aromatic carbocycles. The summed E-state index contributed by atoms with van der Waals surface area (Å²) < 4.78 is 20.5. The molecule has 208 valence electrons. The Morgan fingerprint density at radius 3 is 2.23 bits per heavy atom. The number of halogens is 1. The monoisotopic (exact) mass is 564 g/mol. The number of benzene rings is 2. The molecule has 1 aliphatic heterocycles. The van der Waals surface area contributed by atoms with Crippen molar-refractivity contribution in [3.8, 4) is 0 Å². The number of hydrogen-bond donors (Lipinski definition) is 0. The van der Waals surface area contributed by atoms with Crippen molar-refractivity contribution in [2.45, 2.75) is 52.0 Å². The Balaban J connectivity index is 1.42. The average molecular weight is 565 g/mol. The smallest absolute Gasteiger partial charge is 0.338 e. The van der Waals surface area contributed by atoms with Gasteiger partial charge in [-0.2, -0.15) is 0 Å². The molecule has 0 N–H and O–H groups in total. The zero-order chi connectivity index (χ0) is 28.4. The van der Waals surface area contributed by atoms with Crippen molar-refractivity contribution in [3.05, 3.63) is 98.9 Å². The SMILES string of the molecule is Cc1ccc(C(=O)OC[C@H]2O[C@@H](n3cc(CCCl)c4nnc(C)n4c3=O)C[C@@H]2OC(=O)c2ccc(C)cc2)cc1. The summed E-state index contributed by atoms with van der Waals surface area (Å²) in [5.41, 5.74) is 3.55. The second kappa shape index (κ2) is 11.6. The van der Waals surface area contributed by atoms with Crippen LogP contribution in [0.15, 0.2) is 59.5 Å². The minimum absolute atomic E-state index is 0.164. The van der Waals surface area contributed by atoms with Gasteiger partial charge in [0.15, 0.2) is 5.65 Å². The lowest BCUT2D eigenvalue weighted by Crippen LogP contribution is -2.32. The lowest BCUT2D eigenvalue weighted by Gasteiger charge is -2.19. The number of hydrogen-bond acceptors (Lipinski definition) is 8. The summed E-state index contributed by atoms with van der Waals surface area (Å²) in [6.45, 7) is 5.36. The molecular weight excluding hydrogens is 536 g/mol. The number of ether oxygens (including phenoxy) is 3. The summed E-state index contributed by atoms with van der Waals surface area (Å²) in [5, 5.41) is 8.18. The Morgan fingerprint density at radius 2 is 1.60 bits per heavy atom. The third-order valence-electron chi connectivity index (χ3n) is 6.89. The van der Waals surface area contributed by atoms with Crippen molar-refractivity contribution in [2.75, 3.05) is 12.5 Å². The molecule has 0 amide bonds. The summed E-state index contributed by atoms with van der Waals surface area (Å²) >= 11 is 6.01. The number of nitrogens with zero attached hydrogens (tertiary/aromatic N) is 4. The van der Waals surface area contributed by atoms with Crippen LogP contribution in [0.25, 0.3) is 5.65 Å². The van der Waals surface area contributed by atoms with Crippen molar-refractivity contribution < 1.29 is 23.8 Å². The number of carbonyl (C=O) groups is 2. The highest BCUT2D eigenvalue weighted by Gasteiger charge is 2.41. The number of carbonyl (C=O) groups excluding carboxylic acids is 2. The third kappa shape index (κ3) is 5.64. The van der Waals surface area contributed by atoms with Gasteiger partial charge in [0.05, 0.1) is 11.1 Å². The molecule has 3 heterocycles. The van der Waals surface area contributed by atoms with E-state index in [0.717, 1.165) is 16.7 Å². The van der Waals surface area contributed by atoms with Gasteiger partial charge in [0.25, 0.3) is 0 Å². The molecule has 0 saturated carbocycles. The van der Waals surface area contributed by atoms with Gasteiger partial charge in [-0.15, -0.1) is 21.8 Å². The minimum atomic E-state index is -0.810. The van der Waals surface area contributed by atoms with E-state index < -0.39 is 36.1 Å². The van der Waals surface area contributed by atoms with E-state index in [1.54, 1.807) is 37.4 Å². The van der Waals surface area contributed by atoms with Crippen molar-refractivity contribution in [1.29, 1.82) is 0 Å². The fourth-order valence-corrected chi connectivity index (χ4v) is 4.85. The summed E-state index contributed by atoms with van der Waals surface area (Å²) in [6, 6.07) is 14.0. The molecule has 1 aliphatic rings. The first kappa shape index (κ1) is 27.5. The van der Waals surface area contributed by atoms with E-state index in [1.807, 2.05) is 38.1 Å². The van der Waals surface area contributed by atoms with Gasteiger partial charge < -0.3 is 14.2 Å². The third-order valence-corrected chi connectivity index (χ3v) is 7.07. The van der Waals surface area contributed by atoms with Crippen LogP contribution in [0.1, 0.15) is 55.9 Å². The standard InChI is InChI=1S/C29H29ClN4O6/c1-17-4-8-20(9-5-17)27(35)38-16-24-23(40-28(36)21-10-6-18(2)7-11-21)14-25(39-24)33-15-22(12-13-30)26-32-31-19(3)34(26)29(33)37/h4-11,15,23-25H,12-14,16H2,1-3H3/t23-,24+,25+/m0/s1. The topological polar surface area (TPSA) is 114 Å². The van der Waals surface area contributed by atoms with Crippen molar-refractivity contribution in [3.63, 3.8) is 0 Å². The van der Waals surface area contributed by atoms with Gasteiger partial charge in [0.1, 0.15) is 30.9 Å². The van der Waals surface area contributed by atoms with E-state index in [9.17, 15) is 14.4 Å². The van der Waals surface area contributed by atoms with E-state index in [2.05, 4.69) is 10.2 Å². The quantitative estimate of drug-likeness (QED) is 0.233. The van der Waals surface area contributed by atoms with Crippen molar-refractivity contribution >= 4 is 29.2 Å². The number of aryl methyl sites for hydroxylation is 4. The van der Waals surface area contributed by atoms with Crippen LogP contribution in [0.2, 0.25) is 0 Å². The van der Waals surface area contributed by atoms with E-state index >= 15 is 0 Å². The van der Waals surface area contributed by atoms with Gasteiger partial charge in [0, 0.05) is 24.1 Å². The molecule has 40 heavy (non-hydrogen) atoms. The molecule has 3 atom stereocenters. The molecule has 0 radical (unpaired) electrons. The Labute approximate surface area is 235 Å². The molecular formula is C29H29ClN4O6. The van der Waals surface area contributed by atoms with Crippen LogP contribution in [-0.2, 0) is 20.6 Å². The lowest BCUT2D eigenvalue weighted by molar-refractivity contribution is -0.0583. The van der Waals surface area contributed by atoms with E-state index in [1.165, 1.54) is 8.97 Å². The predicted octanol–water partition coefficient (Wildman–Crippen LogP) is 3.97. The average Bonchev–Trinajstić information content (AvgIpc) is 3.53. The van der Waals surface area contributed by atoms with Crippen LogP contribution in [0.4, 0.5) is 0 Å². The number of fused-ring (bicyclic) bond motifs is 1. The maximum Gasteiger partial charge on any atom is 0.338 e. The highest BCUT2D eigenvalue weighted by Crippen LogP contribution is 2.32. The van der Waals surface area contributed by atoms with Gasteiger partial charge in [-0.1, -0.05) is 35.4 Å². The molecule has 4 aromatic rings. The van der Waals surface area contributed by atoms with Crippen LogP contribution in [0.3, 0.4) is 0 Å². The fraction of sp³-hybridized carbons (Fsp3) is 0.345. The van der Waals surface area contributed by atoms with Crippen LogP contribution in [0.5, 0.6) is 0 Å². The van der Waals surface area contributed by atoms with Gasteiger partial charge in [0.2, 0.25) is 0 Å². The summed E-state index contributed by atoms with van der Waals surface area (Å²) in [5.74, 6) is -0.322. The Morgan fingerprint density at radius 1 is 0.975 bits per heavy atom. The largest absolute Gasteiger partial charge is 0.459 e. The number of esters is 2. The van der Waals surface area contributed by atoms with E-state index in [0.29, 0.717) is 34.9 Å². The second-order valence-corrected chi connectivity index (χ2v) is 10.2. The first-order valence-electron chi connectivity index (χ1n) is 12.9. The second-order valence-electron chi connectivity index (χ2n) is 9.83. The number of rotatable bonds is 8. The van der Waals surface area contributed by atoms with Crippen LogP contribution < -0.4 is 5.69 Å². The molecule has 5 rings (SSSR count). The van der Waals surface area contributed by atoms with Crippen molar-refractivity contribution in [2.24, 2.45) is 0 Å². The minimum Gasteiger partial charge on any atom is -0.459 e. The zero-order valence-electron chi connectivity index (χ0n) is 22.4. The molecule has 0 aliphatic carbocycles. The Bertz CT molecular complexity index is 1600. The number of alkyl halides is 1. The molecule has 1 fully saturated rings. The van der Waals surface area contributed by atoms with Gasteiger partial charge in [-0.3, -0.25) is 4.57 Å². The van der Waals surface area contributed by atoms with Crippen LogP contribution in [0, 0.1) is 20.8 Å². The van der Waals surface area contributed by atoms with Crippen LogP contribution in [-0.4, -0.2) is 55.8 Å². The highest BCUT2D eigenvalue weighted by atomic mass is 35.5. The molecule has 0 spiro atoms. The molecule has 10 nitrogen and oxygen atoms in total. The fourth-order valence-electron chi connectivity index (χ4n) is 4.65. The van der Waals surface area contributed by atoms with Gasteiger partial charge in [-0.25, -0.2) is 18.8 Å². The predicted molar refractivity (Wildman–Crippen MR) is 147 cm³/mol. The zero-order valence-corrected chi connectivity index (χ0v) is 23.1.